The Kier molecular flexibility index (Phi) is 5.24. The van der Waals surface area contributed by atoms with E-state index >= 15 is 0 Å². The summed E-state index contributed by atoms with van der Waals surface area (Å²) in [4.78, 5) is 0. The quantitative estimate of drug-likeness (QED) is 0.715. The lowest BCUT2D eigenvalue weighted by Gasteiger charge is -2.16. The molecule has 1 saturated carbocycles. The standard InChI is InChI=1S/C12H15BrCl2N2O2S/c1-7(6-16-8-2-3-8)20(18,19)17-10-5-4-9(13)11(14)12(10)15/h4-5,7-8,16-17H,2-3,6H2,1H3. The average molecular weight is 402 g/mol. The van der Waals surface area contributed by atoms with Gasteiger partial charge in [-0.1, -0.05) is 23.2 Å². The Hall–Kier alpha value is -0.0100. The van der Waals surface area contributed by atoms with Gasteiger partial charge in [-0.15, -0.1) is 0 Å². The van der Waals surface area contributed by atoms with Gasteiger partial charge in [0, 0.05) is 17.1 Å². The summed E-state index contributed by atoms with van der Waals surface area (Å²) in [6.07, 6.45) is 2.24. The molecule has 1 aromatic carbocycles. The Bertz CT molecular complexity index is 606. The van der Waals surface area contributed by atoms with E-state index in [0.29, 0.717) is 17.1 Å². The molecule has 1 atom stereocenters. The van der Waals surface area contributed by atoms with Crippen molar-refractivity contribution in [3.63, 3.8) is 0 Å². The Morgan fingerprint density at radius 1 is 1.35 bits per heavy atom. The van der Waals surface area contributed by atoms with Crippen molar-refractivity contribution in [1.82, 2.24) is 5.32 Å². The van der Waals surface area contributed by atoms with Crippen LogP contribution in [0.5, 0.6) is 0 Å². The van der Waals surface area contributed by atoms with Crippen LogP contribution in [0.4, 0.5) is 5.69 Å². The van der Waals surface area contributed by atoms with Gasteiger partial charge in [-0.25, -0.2) is 8.42 Å². The van der Waals surface area contributed by atoms with E-state index in [4.69, 9.17) is 23.2 Å². The Morgan fingerprint density at radius 2 is 2.00 bits per heavy atom. The van der Waals surface area contributed by atoms with Crippen molar-refractivity contribution in [2.24, 2.45) is 0 Å². The molecule has 0 saturated heterocycles. The number of halogens is 3. The van der Waals surface area contributed by atoms with Gasteiger partial charge in [-0.2, -0.15) is 0 Å². The molecule has 0 heterocycles. The van der Waals surface area contributed by atoms with Gasteiger partial charge in [-0.3, -0.25) is 4.72 Å². The monoisotopic (exact) mass is 400 g/mol. The molecule has 2 rings (SSSR count). The van der Waals surface area contributed by atoms with Crippen LogP contribution < -0.4 is 10.0 Å². The lowest BCUT2D eigenvalue weighted by atomic mass is 10.3. The van der Waals surface area contributed by atoms with Crippen molar-refractivity contribution >= 4 is 54.8 Å². The van der Waals surface area contributed by atoms with Crippen LogP contribution in [-0.2, 0) is 10.0 Å². The molecule has 0 bridgehead atoms. The van der Waals surface area contributed by atoms with Crippen molar-refractivity contribution in [2.75, 3.05) is 11.3 Å². The number of anilines is 1. The summed E-state index contributed by atoms with van der Waals surface area (Å²) in [5, 5.41) is 3.12. The van der Waals surface area contributed by atoms with Gasteiger partial charge >= 0.3 is 0 Å². The van der Waals surface area contributed by atoms with Gasteiger partial charge in [0.15, 0.2) is 0 Å². The van der Waals surface area contributed by atoms with Gasteiger partial charge in [0.1, 0.15) is 0 Å². The summed E-state index contributed by atoms with van der Waals surface area (Å²) in [6, 6.07) is 3.70. The lowest BCUT2D eigenvalue weighted by Crippen LogP contribution is -2.35. The third-order valence-electron chi connectivity index (χ3n) is 3.09. The second-order valence-corrected chi connectivity index (χ2v) is 8.57. The first kappa shape index (κ1) is 16.4. The number of rotatable bonds is 6. The number of hydrogen-bond acceptors (Lipinski definition) is 3. The third kappa shape index (κ3) is 4.01. The maximum Gasteiger partial charge on any atom is 0.236 e. The number of sulfonamides is 1. The molecule has 112 valence electrons. The zero-order valence-corrected chi connectivity index (χ0v) is 14.7. The maximum absolute atomic E-state index is 12.2. The largest absolute Gasteiger partial charge is 0.313 e. The SMILES string of the molecule is CC(CNC1CC1)S(=O)(=O)Nc1ccc(Br)c(Cl)c1Cl. The second-order valence-electron chi connectivity index (χ2n) is 4.86. The van der Waals surface area contributed by atoms with Crippen LogP contribution >= 0.6 is 39.1 Å². The highest BCUT2D eigenvalue weighted by Gasteiger charge is 2.26. The average Bonchev–Trinajstić information content (AvgIpc) is 3.20. The van der Waals surface area contributed by atoms with Crippen LogP contribution in [0.3, 0.4) is 0 Å². The Balaban J connectivity index is 2.08. The van der Waals surface area contributed by atoms with E-state index in [1.807, 2.05) is 0 Å². The molecule has 1 fully saturated rings. The van der Waals surface area contributed by atoms with Gasteiger partial charge in [0.2, 0.25) is 10.0 Å². The molecule has 2 N–H and O–H groups in total. The number of nitrogens with one attached hydrogen (secondary N) is 2. The molecule has 0 spiro atoms. The molecule has 1 aliphatic carbocycles. The van der Waals surface area contributed by atoms with E-state index in [9.17, 15) is 8.42 Å². The predicted molar refractivity (Wildman–Crippen MR) is 87.2 cm³/mol. The fraction of sp³-hybridized carbons (Fsp3) is 0.500. The van der Waals surface area contributed by atoms with Crippen LogP contribution in [0.15, 0.2) is 16.6 Å². The third-order valence-corrected chi connectivity index (χ3v) is 6.59. The van der Waals surface area contributed by atoms with Crippen molar-refractivity contribution in [3.05, 3.63) is 26.7 Å². The van der Waals surface area contributed by atoms with Crippen LogP contribution in [-0.4, -0.2) is 26.3 Å². The van der Waals surface area contributed by atoms with E-state index in [2.05, 4.69) is 26.0 Å². The van der Waals surface area contributed by atoms with Gasteiger partial charge in [-0.05, 0) is 47.8 Å². The molecular weight excluding hydrogens is 387 g/mol. The first-order valence-corrected chi connectivity index (χ1v) is 9.29. The zero-order chi connectivity index (χ0) is 14.9. The number of hydrogen-bond donors (Lipinski definition) is 2. The van der Waals surface area contributed by atoms with E-state index in [1.165, 1.54) is 0 Å². The smallest absolute Gasteiger partial charge is 0.236 e. The first-order valence-electron chi connectivity index (χ1n) is 6.20. The summed E-state index contributed by atoms with van der Waals surface area (Å²) < 4.78 is 27.5. The van der Waals surface area contributed by atoms with Crippen LogP contribution in [0.2, 0.25) is 10.0 Å². The van der Waals surface area contributed by atoms with Crippen molar-refractivity contribution in [2.45, 2.75) is 31.1 Å². The highest BCUT2D eigenvalue weighted by atomic mass is 79.9. The molecule has 0 aliphatic heterocycles. The fourth-order valence-corrected chi connectivity index (χ4v) is 3.46. The zero-order valence-electron chi connectivity index (χ0n) is 10.8. The summed E-state index contributed by atoms with van der Waals surface area (Å²) in [5.41, 5.74) is 0.290. The molecule has 0 radical (unpaired) electrons. The van der Waals surface area contributed by atoms with E-state index in [1.54, 1.807) is 19.1 Å². The summed E-state index contributed by atoms with van der Waals surface area (Å²) >= 11 is 15.3. The molecule has 0 amide bonds. The maximum atomic E-state index is 12.2. The predicted octanol–water partition coefficient (Wildman–Crippen LogP) is 3.64. The van der Waals surface area contributed by atoms with Gasteiger partial charge in [0.25, 0.3) is 0 Å². The lowest BCUT2D eigenvalue weighted by molar-refractivity contribution is 0.576. The summed E-state index contributed by atoms with van der Waals surface area (Å²) in [6.45, 7) is 2.08. The molecule has 0 aromatic heterocycles. The highest BCUT2D eigenvalue weighted by Crippen LogP contribution is 2.36. The summed E-state index contributed by atoms with van der Waals surface area (Å²) in [7, 11) is -3.50. The number of benzene rings is 1. The second kappa shape index (κ2) is 6.40. The van der Waals surface area contributed by atoms with Crippen molar-refractivity contribution < 1.29 is 8.42 Å². The highest BCUT2D eigenvalue weighted by molar-refractivity contribution is 9.10. The van der Waals surface area contributed by atoms with Crippen LogP contribution in [0.1, 0.15) is 19.8 Å². The van der Waals surface area contributed by atoms with Crippen LogP contribution in [0.25, 0.3) is 0 Å². The van der Waals surface area contributed by atoms with Crippen LogP contribution in [0, 0.1) is 0 Å². The topological polar surface area (TPSA) is 58.2 Å². The minimum atomic E-state index is -3.50. The van der Waals surface area contributed by atoms with Crippen molar-refractivity contribution in [3.8, 4) is 0 Å². The van der Waals surface area contributed by atoms with Crippen molar-refractivity contribution in [1.29, 1.82) is 0 Å². The molecular formula is C12H15BrCl2N2O2S. The minimum absolute atomic E-state index is 0.187. The molecule has 1 unspecified atom stereocenters. The summed E-state index contributed by atoms with van der Waals surface area (Å²) in [5.74, 6) is 0. The molecule has 20 heavy (non-hydrogen) atoms. The molecule has 1 aliphatic rings. The Labute approximate surface area is 137 Å². The van der Waals surface area contributed by atoms with E-state index in [-0.39, 0.29) is 15.7 Å². The molecule has 4 nitrogen and oxygen atoms in total. The first-order chi connectivity index (χ1) is 9.31. The molecule has 8 heteroatoms. The molecule has 1 aromatic rings. The van der Waals surface area contributed by atoms with E-state index in [0.717, 1.165) is 12.8 Å². The minimum Gasteiger partial charge on any atom is -0.313 e. The Morgan fingerprint density at radius 3 is 2.60 bits per heavy atom. The fourth-order valence-electron chi connectivity index (χ4n) is 1.59. The van der Waals surface area contributed by atoms with Gasteiger partial charge in [0.05, 0.1) is 21.0 Å². The van der Waals surface area contributed by atoms with Gasteiger partial charge < -0.3 is 5.32 Å². The van der Waals surface area contributed by atoms with E-state index < -0.39 is 15.3 Å². The normalized spacial score (nSPS) is 17.0.